The van der Waals surface area contributed by atoms with E-state index in [1.165, 1.54) is 15.7 Å². The molecule has 0 unspecified atom stereocenters. The van der Waals surface area contributed by atoms with E-state index in [1.54, 1.807) is 49.6 Å². The fourth-order valence-electron chi connectivity index (χ4n) is 4.18. The zero-order valence-corrected chi connectivity index (χ0v) is 18.3. The highest BCUT2D eigenvalue weighted by Crippen LogP contribution is 2.25. The number of fused-ring (bicyclic) bond motifs is 2. The first-order chi connectivity index (χ1) is 15.5. The molecule has 0 spiro atoms. The Morgan fingerprint density at radius 3 is 2.59 bits per heavy atom. The molecule has 0 saturated carbocycles. The Balaban J connectivity index is 1.48. The fraction of sp³-hybridized carbons (Fsp3) is 0.160. The van der Waals surface area contributed by atoms with Crippen LogP contribution in [0.1, 0.15) is 27.9 Å². The molecule has 0 radical (unpaired) electrons. The Hall–Kier alpha value is -3.71. The van der Waals surface area contributed by atoms with E-state index in [1.807, 2.05) is 12.1 Å². The maximum Gasteiger partial charge on any atom is 0.266 e. The number of anilines is 1. The van der Waals surface area contributed by atoms with E-state index in [9.17, 15) is 9.59 Å². The van der Waals surface area contributed by atoms with Crippen LogP contribution < -0.4 is 15.6 Å². The zero-order chi connectivity index (χ0) is 22.2. The largest absolute Gasteiger partial charge is 0.497 e. The summed E-state index contributed by atoms with van der Waals surface area (Å²) in [6.45, 7) is 0. The van der Waals surface area contributed by atoms with Crippen molar-refractivity contribution in [3.05, 3.63) is 92.5 Å². The molecule has 1 amide bonds. The normalized spacial score (nSPS) is 12.5. The molecular formula is C25H21N3O3S. The van der Waals surface area contributed by atoms with Gasteiger partial charge in [-0.3, -0.25) is 14.2 Å². The van der Waals surface area contributed by atoms with Crippen molar-refractivity contribution in [2.75, 3.05) is 12.4 Å². The molecule has 32 heavy (non-hydrogen) atoms. The number of hydrogen-bond acceptors (Lipinski definition) is 4. The molecule has 2 N–H and O–H groups in total. The van der Waals surface area contributed by atoms with E-state index >= 15 is 0 Å². The maximum absolute atomic E-state index is 13.1. The molecule has 0 saturated heterocycles. The van der Waals surface area contributed by atoms with E-state index in [0.29, 0.717) is 27.9 Å². The lowest BCUT2D eigenvalue weighted by Gasteiger charge is -2.11. The quantitative estimate of drug-likeness (QED) is 0.445. The van der Waals surface area contributed by atoms with E-state index < -0.39 is 0 Å². The molecule has 1 aliphatic rings. The van der Waals surface area contributed by atoms with Crippen molar-refractivity contribution < 1.29 is 9.53 Å². The summed E-state index contributed by atoms with van der Waals surface area (Å²) in [6, 6.07) is 18.1. The topological polar surface area (TPSA) is 76.1 Å². The molecule has 0 atom stereocenters. The third kappa shape index (κ3) is 3.61. The number of rotatable bonds is 4. The number of nitrogens with one attached hydrogen (secondary N) is 2. The lowest BCUT2D eigenvalue weighted by atomic mass is 10.1. The first-order valence-electron chi connectivity index (χ1n) is 10.4. The number of aryl methyl sites for hydroxylation is 2. The van der Waals surface area contributed by atoms with Crippen LogP contribution in [0.4, 0.5) is 5.69 Å². The van der Waals surface area contributed by atoms with Gasteiger partial charge in [-0.15, -0.1) is 0 Å². The second-order valence-electron chi connectivity index (χ2n) is 7.82. The van der Waals surface area contributed by atoms with Gasteiger partial charge in [-0.25, -0.2) is 0 Å². The molecule has 7 heteroatoms. The van der Waals surface area contributed by atoms with Crippen molar-refractivity contribution in [3.8, 4) is 11.4 Å². The number of carbonyl (C=O) groups excluding carboxylic acids is 1. The van der Waals surface area contributed by atoms with Gasteiger partial charge in [-0.05, 0) is 97.2 Å². The lowest BCUT2D eigenvalue weighted by Crippen LogP contribution is -2.21. The van der Waals surface area contributed by atoms with Crippen LogP contribution in [0.5, 0.6) is 5.75 Å². The highest BCUT2D eigenvalue weighted by molar-refractivity contribution is 7.71. The average Bonchev–Trinajstić information content (AvgIpc) is 3.27. The summed E-state index contributed by atoms with van der Waals surface area (Å²) in [5, 5.41) is 3.40. The molecular weight excluding hydrogens is 422 g/mol. The minimum absolute atomic E-state index is 0.233. The van der Waals surface area contributed by atoms with E-state index in [-0.39, 0.29) is 16.2 Å². The molecule has 1 aromatic heterocycles. The van der Waals surface area contributed by atoms with Gasteiger partial charge in [-0.1, -0.05) is 6.07 Å². The number of nitrogens with zero attached hydrogens (tertiary/aromatic N) is 1. The van der Waals surface area contributed by atoms with Crippen LogP contribution in [0.15, 0.2) is 65.5 Å². The second-order valence-corrected chi connectivity index (χ2v) is 8.21. The first kappa shape index (κ1) is 20.2. The number of hydrogen-bond donors (Lipinski definition) is 2. The molecule has 0 bridgehead atoms. The molecule has 1 aliphatic carbocycles. The number of aromatic nitrogens is 2. The van der Waals surface area contributed by atoms with E-state index in [0.717, 1.165) is 24.9 Å². The minimum Gasteiger partial charge on any atom is -0.497 e. The summed E-state index contributed by atoms with van der Waals surface area (Å²) < 4.78 is 6.86. The van der Waals surface area contributed by atoms with Gasteiger partial charge in [-0.2, -0.15) is 0 Å². The Morgan fingerprint density at radius 2 is 1.81 bits per heavy atom. The Labute approximate surface area is 189 Å². The number of H-pyrrole nitrogens is 1. The third-order valence-corrected chi connectivity index (χ3v) is 6.13. The smallest absolute Gasteiger partial charge is 0.266 e. The molecule has 3 aromatic carbocycles. The van der Waals surface area contributed by atoms with Crippen LogP contribution in [0.3, 0.4) is 0 Å². The Kier molecular flexibility index (Phi) is 5.11. The van der Waals surface area contributed by atoms with Gasteiger partial charge in [0.15, 0.2) is 4.77 Å². The first-order valence-corrected chi connectivity index (χ1v) is 10.8. The lowest BCUT2D eigenvalue weighted by molar-refractivity contribution is 0.102. The van der Waals surface area contributed by atoms with Gasteiger partial charge < -0.3 is 15.0 Å². The Morgan fingerprint density at radius 1 is 1.03 bits per heavy atom. The molecule has 5 rings (SSSR count). The standard InChI is InChI=1S/C25H21N3O3S/c1-31-20-10-8-19(9-11-20)28-24(30)21-12-6-17(14-22(21)27-25(28)32)23(29)26-18-7-5-15-3-2-4-16(15)13-18/h5-14H,2-4H2,1H3,(H,26,29)(H,27,32). The van der Waals surface area contributed by atoms with Gasteiger partial charge in [0.25, 0.3) is 11.5 Å². The van der Waals surface area contributed by atoms with Crippen molar-refractivity contribution in [3.63, 3.8) is 0 Å². The van der Waals surface area contributed by atoms with Gasteiger partial charge >= 0.3 is 0 Å². The summed E-state index contributed by atoms with van der Waals surface area (Å²) >= 11 is 5.45. The predicted molar refractivity (Wildman–Crippen MR) is 128 cm³/mol. The van der Waals surface area contributed by atoms with Gasteiger partial charge in [0.2, 0.25) is 0 Å². The minimum atomic E-state index is -0.250. The molecule has 6 nitrogen and oxygen atoms in total. The predicted octanol–water partition coefficient (Wildman–Crippen LogP) is 4.80. The summed E-state index contributed by atoms with van der Waals surface area (Å²) in [5.41, 5.74) is 4.78. The van der Waals surface area contributed by atoms with Crippen LogP contribution >= 0.6 is 12.2 Å². The third-order valence-electron chi connectivity index (χ3n) is 5.85. The van der Waals surface area contributed by atoms with E-state index in [2.05, 4.69) is 16.4 Å². The fourth-order valence-corrected chi connectivity index (χ4v) is 4.48. The van der Waals surface area contributed by atoms with Crippen molar-refractivity contribution >= 4 is 34.7 Å². The number of benzene rings is 3. The summed E-state index contributed by atoms with van der Waals surface area (Å²) in [4.78, 5) is 29.0. The molecule has 160 valence electrons. The summed E-state index contributed by atoms with van der Waals surface area (Å²) in [5.74, 6) is 0.458. The highest BCUT2D eigenvalue weighted by Gasteiger charge is 2.14. The number of carbonyl (C=O) groups is 1. The van der Waals surface area contributed by atoms with Crippen molar-refractivity contribution in [2.24, 2.45) is 0 Å². The molecule has 1 heterocycles. The van der Waals surface area contributed by atoms with Crippen molar-refractivity contribution in [1.29, 1.82) is 0 Å². The molecule has 4 aromatic rings. The Bertz CT molecular complexity index is 1470. The van der Waals surface area contributed by atoms with E-state index in [4.69, 9.17) is 17.0 Å². The number of ether oxygens (including phenoxy) is 1. The highest BCUT2D eigenvalue weighted by atomic mass is 32.1. The van der Waals surface area contributed by atoms with Crippen LogP contribution in [0.2, 0.25) is 0 Å². The van der Waals surface area contributed by atoms with Gasteiger partial charge in [0, 0.05) is 11.3 Å². The van der Waals surface area contributed by atoms with Crippen molar-refractivity contribution in [1.82, 2.24) is 9.55 Å². The number of amides is 1. The van der Waals surface area contributed by atoms with Crippen LogP contribution in [0, 0.1) is 4.77 Å². The average molecular weight is 444 g/mol. The monoisotopic (exact) mass is 443 g/mol. The van der Waals surface area contributed by atoms with Crippen LogP contribution in [0.25, 0.3) is 16.6 Å². The summed E-state index contributed by atoms with van der Waals surface area (Å²) in [7, 11) is 1.58. The SMILES string of the molecule is COc1ccc(-n2c(=S)[nH]c3cc(C(=O)Nc4ccc5c(c4)CCC5)ccc3c2=O)cc1. The van der Waals surface area contributed by atoms with Crippen molar-refractivity contribution in [2.45, 2.75) is 19.3 Å². The molecule has 0 fully saturated rings. The van der Waals surface area contributed by atoms with Gasteiger partial charge in [0.05, 0.1) is 23.7 Å². The van der Waals surface area contributed by atoms with Crippen LogP contribution in [-0.2, 0) is 12.8 Å². The summed E-state index contributed by atoms with van der Waals surface area (Å²) in [6.07, 6.45) is 3.30. The van der Waals surface area contributed by atoms with Crippen LogP contribution in [-0.4, -0.2) is 22.6 Å². The maximum atomic E-state index is 13.1. The molecule has 0 aliphatic heterocycles. The number of methoxy groups -OCH3 is 1. The zero-order valence-electron chi connectivity index (χ0n) is 17.5. The number of aromatic amines is 1. The second kappa shape index (κ2) is 8.09. The van der Waals surface area contributed by atoms with Gasteiger partial charge in [0.1, 0.15) is 5.75 Å².